The molecular weight excluding hydrogens is 298 g/mol. The molecule has 0 N–H and O–H groups in total. The highest BCUT2D eigenvalue weighted by Crippen LogP contribution is 2.22. The molecular formula is C11H9BrF2O3. The Labute approximate surface area is 105 Å². The van der Waals surface area contributed by atoms with E-state index in [0.717, 1.165) is 25.3 Å². The van der Waals surface area contributed by atoms with Crippen LogP contribution in [0.25, 0.3) is 6.08 Å². The van der Waals surface area contributed by atoms with E-state index in [2.05, 4.69) is 25.4 Å². The summed E-state index contributed by atoms with van der Waals surface area (Å²) in [5, 5.41) is 0. The van der Waals surface area contributed by atoms with Crippen LogP contribution in [0.4, 0.5) is 8.78 Å². The van der Waals surface area contributed by atoms with Crippen molar-refractivity contribution in [2.45, 2.75) is 0 Å². The van der Waals surface area contributed by atoms with E-state index in [1.54, 1.807) is 0 Å². The molecule has 0 spiro atoms. The molecule has 0 fully saturated rings. The zero-order valence-corrected chi connectivity index (χ0v) is 10.7. The Hall–Kier alpha value is -1.43. The first kappa shape index (κ1) is 13.6. The van der Waals surface area contributed by atoms with Gasteiger partial charge in [0, 0.05) is 10.5 Å². The molecule has 0 saturated heterocycles. The zero-order chi connectivity index (χ0) is 13.0. The highest BCUT2D eigenvalue weighted by atomic mass is 79.9. The first-order valence-corrected chi connectivity index (χ1v) is 5.27. The van der Waals surface area contributed by atoms with Crippen LogP contribution >= 0.6 is 15.9 Å². The lowest BCUT2D eigenvalue weighted by Gasteiger charge is -2.05. The van der Waals surface area contributed by atoms with Gasteiger partial charge in [0.25, 0.3) is 0 Å². The number of ether oxygens (including phenoxy) is 2. The molecule has 0 aliphatic rings. The standard InChI is InChI=1S/C11H9BrF2O3/c1-16-10(11(15)17-2)5-7-8(13)3-6(12)4-9(7)14/h3-5H,1-2H3/b10-5-. The minimum Gasteiger partial charge on any atom is -0.490 e. The summed E-state index contributed by atoms with van der Waals surface area (Å²) in [6.45, 7) is 0. The van der Waals surface area contributed by atoms with E-state index < -0.39 is 17.6 Å². The largest absolute Gasteiger partial charge is 0.490 e. The number of carbonyl (C=O) groups excluding carboxylic acids is 1. The average Bonchev–Trinajstić information content (AvgIpc) is 2.27. The molecule has 17 heavy (non-hydrogen) atoms. The maximum atomic E-state index is 13.5. The predicted molar refractivity (Wildman–Crippen MR) is 61.1 cm³/mol. The lowest BCUT2D eigenvalue weighted by atomic mass is 10.1. The summed E-state index contributed by atoms with van der Waals surface area (Å²) in [6, 6.07) is 2.17. The molecule has 1 aromatic rings. The topological polar surface area (TPSA) is 35.5 Å². The monoisotopic (exact) mass is 306 g/mol. The Bertz CT molecular complexity index is 449. The van der Waals surface area contributed by atoms with Crippen molar-refractivity contribution in [3.63, 3.8) is 0 Å². The summed E-state index contributed by atoms with van der Waals surface area (Å²) < 4.78 is 36.3. The van der Waals surface area contributed by atoms with Gasteiger partial charge in [-0.2, -0.15) is 0 Å². The van der Waals surface area contributed by atoms with Crippen molar-refractivity contribution in [3.05, 3.63) is 39.6 Å². The number of halogens is 3. The lowest BCUT2D eigenvalue weighted by Crippen LogP contribution is -2.06. The molecule has 0 bridgehead atoms. The van der Waals surface area contributed by atoms with Crippen molar-refractivity contribution < 1.29 is 23.0 Å². The molecule has 1 aromatic carbocycles. The van der Waals surface area contributed by atoms with Crippen molar-refractivity contribution in [1.29, 1.82) is 0 Å². The van der Waals surface area contributed by atoms with Crippen LogP contribution in [0.1, 0.15) is 5.56 Å². The van der Waals surface area contributed by atoms with Crippen LogP contribution in [-0.4, -0.2) is 20.2 Å². The van der Waals surface area contributed by atoms with Crippen LogP contribution in [0.15, 0.2) is 22.4 Å². The second kappa shape index (κ2) is 5.77. The third-order valence-electron chi connectivity index (χ3n) is 1.93. The summed E-state index contributed by atoms with van der Waals surface area (Å²) in [4.78, 5) is 11.2. The van der Waals surface area contributed by atoms with Gasteiger partial charge >= 0.3 is 5.97 Å². The van der Waals surface area contributed by atoms with Crippen LogP contribution < -0.4 is 0 Å². The molecule has 0 aliphatic heterocycles. The van der Waals surface area contributed by atoms with Crippen LogP contribution in [0.3, 0.4) is 0 Å². The van der Waals surface area contributed by atoms with E-state index in [-0.39, 0.29) is 15.8 Å². The number of methoxy groups -OCH3 is 2. The fraction of sp³-hybridized carbons (Fsp3) is 0.182. The van der Waals surface area contributed by atoms with Gasteiger partial charge in [-0.1, -0.05) is 15.9 Å². The Kier molecular flexibility index (Phi) is 4.62. The Morgan fingerprint density at radius 1 is 1.24 bits per heavy atom. The SMILES string of the molecule is COC(=O)/C(=C/c1c(F)cc(Br)cc1F)OC. The summed E-state index contributed by atoms with van der Waals surface area (Å²) in [5.74, 6) is -2.72. The lowest BCUT2D eigenvalue weighted by molar-refractivity contribution is -0.139. The quantitative estimate of drug-likeness (QED) is 0.489. The number of hydrogen-bond donors (Lipinski definition) is 0. The molecule has 0 unspecified atom stereocenters. The molecule has 0 amide bonds. The molecule has 0 heterocycles. The first-order valence-electron chi connectivity index (χ1n) is 4.48. The van der Waals surface area contributed by atoms with E-state index in [1.165, 1.54) is 7.11 Å². The molecule has 0 aliphatic carbocycles. The first-order chi connectivity index (χ1) is 7.99. The van der Waals surface area contributed by atoms with E-state index in [9.17, 15) is 13.6 Å². The minimum atomic E-state index is -0.811. The van der Waals surface area contributed by atoms with Crippen LogP contribution in [0.5, 0.6) is 0 Å². The molecule has 6 heteroatoms. The van der Waals surface area contributed by atoms with Crippen molar-refractivity contribution in [3.8, 4) is 0 Å². The maximum Gasteiger partial charge on any atom is 0.373 e. The van der Waals surface area contributed by atoms with Crippen LogP contribution in [0.2, 0.25) is 0 Å². The molecule has 0 aromatic heterocycles. The Morgan fingerprint density at radius 3 is 2.18 bits per heavy atom. The van der Waals surface area contributed by atoms with Gasteiger partial charge in [-0.05, 0) is 12.1 Å². The fourth-order valence-electron chi connectivity index (χ4n) is 1.12. The van der Waals surface area contributed by atoms with E-state index in [4.69, 9.17) is 0 Å². The van der Waals surface area contributed by atoms with E-state index in [1.807, 2.05) is 0 Å². The van der Waals surface area contributed by atoms with Gasteiger partial charge in [-0.15, -0.1) is 0 Å². The number of esters is 1. The third kappa shape index (κ3) is 3.26. The summed E-state index contributed by atoms with van der Waals surface area (Å²) >= 11 is 2.95. The Balaban J connectivity index is 3.25. The van der Waals surface area contributed by atoms with Crippen LogP contribution in [-0.2, 0) is 14.3 Å². The van der Waals surface area contributed by atoms with E-state index >= 15 is 0 Å². The van der Waals surface area contributed by atoms with E-state index in [0.29, 0.717) is 0 Å². The predicted octanol–water partition coefficient (Wildman–Crippen LogP) is 2.89. The number of hydrogen-bond acceptors (Lipinski definition) is 3. The molecule has 0 saturated carbocycles. The normalized spacial score (nSPS) is 11.2. The second-order valence-electron chi connectivity index (χ2n) is 2.99. The van der Waals surface area contributed by atoms with Crippen molar-refractivity contribution in [2.75, 3.05) is 14.2 Å². The number of carbonyl (C=O) groups is 1. The van der Waals surface area contributed by atoms with Crippen molar-refractivity contribution in [2.24, 2.45) is 0 Å². The van der Waals surface area contributed by atoms with Gasteiger partial charge in [0.05, 0.1) is 19.8 Å². The van der Waals surface area contributed by atoms with Gasteiger partial charge in [0.1, 0.15) is 11.6 Å². The molecule has 92 valence electrons. The third-order valence-corrected chi connectivity index (χ3v) is 2.38. The van der Waals surface area contributed by atoms with Gasteiger partial charge in [0.15, 0.2) is 0 Å². The molecule has 1 rings (SSSR count). The highest BCUT2D eigenvalue weighted by molar-refractivity contribution is 9.10. The zero-order valence-electron chi connectivity index (χ0n) is 9.09. The number of benzene rings is 1. The van der Waals surface area contributed by atoms with Gasteiger partial charge in [-0.25, -0.2) is 13.6 Å². The van der Waals surface area contributed by atoms with Crippen molar-refractivity contribution in [1.82, 2.24) is 0 Å². The summed E-state index contributed by atoms with van der Waals surface area (Å²) in [6.07, 6.45) is 0.947. The van der Waals surface area contributed by atoms with Crippen LogP contribution in [0, 0.1) is 11.6 Å². The van der Waals surface area contributed by atoms with Crippen molar-refractivity contribution >= 4 is 28.0 Å². The molecule has 3 nitrogen and oxygen atoms in total. The van der Waals surface area contributed by atoms with Gasteiger partial charge in [-0.3, -0.25) is 0 Å². The smallest absolute Gasteiger partial charge is 0.373 e. The minimum absolute atomic E-state index is 0.265. The second-order valence-corrected chi connectivity index (χ2v) is 3.90. The number of rotatable bonds is 3. The Morgan fingerprint density at radius 2 is 1.76 bits per heavy atom. The molecule has 0 atom stereocenters. The van der Waals surface area contributed by atoms with Gasteiger partial charge in [0.2, 0.25) is 5.76 Å². The van der Waals surface area contributed by atoms with Gasteiger partial charge < -0.3 is 9.47 Å². The average molecular weight is 307 g/mol. The molecule has 0 radical (unpaired) electrons. The summed E-state index contributed by atoms with van der Waals surface area (Å²) in [5.41, 5.74) is -0.365. The highest BCUT2D eigenvalue weighted by Gasteiger charge is 2.14. The maximum absolute atomic E-state index is 13.5. The fourth-order valence-corrected chi connectivity index (χ4v) is 1.53. The summed E-state index contributed by atoms with van der Waals surface area (Å²) in [7, 11) is 2.35.